The van der Waals surface area contributed by atoms with Crippen LogP contribution in [0.25, 0.3) is 0 Å². The van der Waals surface area contributed by atoms with E-state index in [-0.39, 0.29) is 6.10 Å². The summed E-state index contributed by atoms with van der Waals surface area (Å²) >= 11 is 0. The van der Waals surface area contributed by atoms with Crippen LogP contribution >= 0.6 is 0 Å². The second-order valence-electron chi connectivity index (χ2n) is 4.89. The van der Waals surface area contributed by atoms with Crippen molar-refractivity contribution in [2.45, 2.75) is 31.7 Å². The first-order valence-electron chi connectivity index (χ1n) is 5.99. The smallest absolute Gasteiger partial charge is 0.197 e. The number of hydrogen-bond acceptors (Lipinski definition) is 3. The van der Waals surface area contributed by atoms with Crippen molar-refractivity contribution in [1.82, 2.24) is 0 Å². The van der Waals surface area contributed by atoms with Gasteiger partial charge in [-0.15, -0.1) is 0 Å². The molecule has 92 valence electrons. The molecule has 2 rings (SSSR count). The van der Waals surface area contributed by atoms with E-state index in [1.54, 1.807) is 21.3 Å². The number of hydrogen-bond donors (Lipinski definition) is 0. The van der Waals surface area contributed by atoms with Gasteiger partial charge in [-0.3, -0.25) is 0 Å². The molecule has 0 aromatic carbocycles. The predicted octanol–water partition coefficient (Wildman–Crippen LogP) is 2.22. The number of allylic oxidation sites excluding steroid dienone is 2. The van der Waals surface area contributed by atoms with Crippen LogP contribution in [0.4, 0.5) is 0 Å². The van der Waals surface area contributed by atoms with E-state index in [1.165, 1.54) is 6.42 Å². The highest BCUT2D eigenvalue weighted by Gasteiger charge is 2.52. The molecule has 2 aliphatic carbocycles. The molecule has 2 bridgehead atoms. The second kappa shape index (κ2) is 4.47. The van der Waals surface area contributed by atoms with Crippen molar-refractivity contribution < 1.29 is 14.2 Å². The van der Waals surface area contributed by atoms with Crippen molar-refractivity contribution in [3.05, 3.63) is 12.2 Å². The van der Waals surface area contributed by atoms with Crippen LogP contribution < -0.4 is 0 Å². The van der Waals surface area contributed by atoms with Crippen molar-refractivity contribution in [2.24, 2.45) is 17.8 Å². The third-order valence-electron chi connectivity index (χ3n) is 4.35. The Labute approximate surface area is 97.8 Å². The van der Waals surface area contributed by atoms with Gasteiger partial charge in [0, 0.05) is 27.2 Å². The van der Waals surface area contributed by atoms with Crippen LogP contribution in [-0.4, -0.2) is 33.2 Å². The van der Waals surface area contributed by atoms with Crippen LogP contribution in [0.5, 0.6) is 0 Å². The number of ether oxygens (including phenoxy) is 3. The van der Waals surface area contributed by atoms with Gasteiger partial charge in [0.25, 0.3) is 0 Å². The maximum atomic E-state index is 5.70. The van der Waals surface area contributed by atoms with Gasteiger partial charge in [0.2, 0.25) is 0 Å². The van der Waals surface area contributed by atoms with Crippen LogP contribution in [0.3, 0.4) is 0 Å². The third-order valence-corrected chi connectivity index (χ3v) is 4.35. The molecule has 0 amide bonds. The normalized spacial score (nSPS) is 34.6. The van der Waals surface area contributed by atoms with Gasteiger partial charge in [-0.2, -0.15) is 0 Å². The van der Waals surface area contributed by atoms with Crippen LogP contribution in [-0.2, 0) is 14.2 Å². The van der Waals surface area contributed by atoms with Gasteiger partial charge >= 0.3 is 0 Å². The number of rotatable bonds is 5. The monoisotopic (exact) mass is 226 g/mol. The lowest BCUT2D eigenvalue weighted by molar-refractivity contribution is -0.292. The Balaban J connectivity index is 2.22. The van der Waals surface area contributed by atoms with Crippen LogP contribution in [0.15, 0.2) is 12.2 Å². The maximum absolute atomic E-state index is 5.70. The largest absolute Gasteiger partial charge is 0.376 e. The Kier molecular flexibility index (Phi) is 3.38. The molecule has 4 atom stereocenters. The molecule has 16 heavy (non-hydrogen) atoms. The highest BCUT2D eigenvalue weighted by molar-refractivity contribution is 5.13. The Morgan fingerprint density at radius 1 is 1.12 bits per heavy atom. The molecule has 0 spiro atoms. The minimum absolute atomic E-state index is 0.0553. The summed E-state index contributed by atoms with van der Waals surface area (Å²) in [4.78, 5) is 0. The Bertz CT molecular complexity index is 270. The van der Waals surface area contributed by atoms with Crippen LogP contribution in [0.2, 0.25) is 0 Å². The van der Waals surface area contributed by atoms with Gasteiger partial charge in [0.15, 0.2) is 5.79 Å². The van der Waals surface area contributed by atoms with Gasteiger partial charge in [-0.05, 0) is 31.6 Å². The summed E-state index contributed by atoms with van der Waals surface area (Å²) in [6.07, 6.45) is 6.98. The van der Waals surface area contributed by atoms with Crippen molar-refractivity contribution in [3.8, 4) is 0 Å². The zero-order valence-corrected chi connectivity index (χ0v) is 10.6. The summed E-state index contributed by atoms with van der Waals surface area (Å²) in [7, 11) is 5.14. The molecule has 1 saturated carbocycles. The van der Waals surface area contributed by atoms with E-state index in [0.717, 1.165) is 6.42 Å². The molecule has 0 radical (unpaired) electrons. The van der Waals surface area contributed by atoms with Crippen molar-refractivity contribution in [3.63, 3.8) is 0 Å². The summed E-state index contributed by atoms with van der Waals surface area (Å²) in [5.74, 6) is 1.11. The lowest BCUT2D eigenvalue weighted by Gasteiger charge is -2.42. The molecule has 0 aromatic rings. The van der Waals surface area contributed by atoms with E-state index in [9.17, 15) is 0 Å². The molecular formula is C13H22O3. The van der Waals surface area contributed by atoms with E-state index in [0.29, 0.717) is 17.8 Å². The quantitative estimate of drug-likeness (QED) is 0.531. The topological polar surface area (TPSA) is 27.7 Å². The first kappa shape index (κ1) is 12.1. The standard InChI is InChI=1S/C13H22O3/c1-9(14-2)13(15-3,16-4)12-8-10-5-6-11(12)7-10/h5-6,9-12H,7-8H2,1-4H3. The van der Waals surface area contributed by atoms with E-state index in [4.69, 9.17) is 14.2 Å². The fourth-order valence-electron chi connectivity index (χ4n) is 3.43. The molecule has 0 N–H and O–H groups in total. The lowest BCUT2D eigenvalue weighted by Crippen LogP contribution is -2.53. The Morgan fingerprint density at radius 3 is 2.19 bits per heavy atom. The molecule has 4 unspecified atom stereocenters. The molecule has 3 nitrogen and oxygen atoms in total. The predicted molar refractivity (Wildman–Crippen MR) is 62.1 cm³/mol. The van der Waals surface area contributed by atoms with Gasteiger partial charge in [0.05, 0.1) is 0 Å². The Morgan fingerprint density at radius 2 is 1.81 bits per heavy atom. The lowest BCUT2D eigenvalue weighted by atomic mass is 9.83. The van der Waals surface area contributed by atoms with Crippen molar-refractivity contribution >= 4 is 0 Å². The third kappa shape index (κ3) is 1.62. The van der Waals surface area contributed by atoms with Gasteiger partial charge in [-0.1, -0.05) is 12.2 Å². The van der Waals surface area contributed by atoms with Gasteiger partial charge in [-0.25, -0.2) is 0 Å². The fraction of sp³-hybridized carbons (Fsp3) is 0.846. The molecule has 0 aliphatic heterocycles. The zero-order chi connectivity index (χ0) is 11.8. The van der Waals surface area contributed by atoms with E-state index in [2.05, 4.69) is 12.2 Å². The van der Waals surface area contributed by atoms with E-state index < -0.39 is 5.79 Å². The van der Waals surface area contributed by atoms with Crippen LogP contribution in [0, 0.1) is 17.8 Å². The number of fused-ring (bicyclic) bond motifs is 2. The maximum Gasteiger partial charge on any atom is 0.197 e. The average Bonchev–Trinajstić information content (AvgIpc) is 2.93. The molecular weight excluding hydrogens is 204 g/mol. The fourth-order valence-corrected chi connectivity index (χ4v) is 3.43. The van der Waals surface area contributed by atoms with E-state index >= 15 is 0 Å². The summed E-state index contributed by atoms with van der Waals surface area (Å²) in [5.41, 5.74) is 0. The number of methoxy groups -OCH3 is 3. The molecule has 0 saturated heterocycles. The summed E-state index contributed by atoms with van der Waals surface area (Å²) in [6.45, 7) is 2.02. The molecule has 1 fully saturated rings. The first-order valence-corrected chi connectivity index (χ1v) is 5.99. The molecule has 0 aromatic heterocycles. The average molecular weight is 226 g/mol. The van der Waals surface area contributed by atoms with Gasteiger partial charge in [0.1, 0.15) is 6.10 Å². The summed E-state index contributed by atoms with van der Waals surface area (Å²) < 4.78 is 16.8. The minimum atomic E-state index is -0.598. The molecule has 3 heteroatoms. The minimum Gasteiger partial charge on any atom is -0.376 e. The SMILES string of the molecule is COC(C)C(OC)(OC)C1CC2C=CC1C2. The van der Waals surface area contributed by atoms with E-state index in [1.807, 2.05) is 6.92 Å². The van der Waals surface area contributed by atoms with Crippen LogP contribution in [0.1, 0.15) is 19.8 Å². The van der Waals surface area contributed by atoms with Crippen molar-refractivity contribution in [2.75, 3.05) is 21.3 Å². The molecule has 0 heterocycles. The van der Waals surface area contributed by atoms with Gasteiger partial charge < -0.3 is 14.2 Å². The second-order valence-corrected chi connectivity index (χ2v) is 4.89. The summed E-state index contributed by atoms with van der Waals surface area (Å²) in [5, 5.41) is 0. The molecule has 2 aliphatic rings. The highest BCUT2D eigenvalue weighted by Crippen LogP contribution is 2.50. The van der Waals surface area contributed by atoms with Crippen molar-refractivity contribution in [1.29, 1.82) is 0 Å². The highest BCUT2D eigenvalue weighted by atomic mass is 16.7. The zero-order valence-electron chi connectivity index (χ0n) is 10.6. The Hall–Kier alpha value is -0.380. The summed E-state index contributed by atoms with van der Waals surface area (Å²) in [6, 6.07) is 0. The first-order chi connectivity index (χ1) is 7.67.